The summed E-state index contributed by atoms with van der Waals surface area (Å²) in [6.45, 7) is -0.194. The average Bonchev–Trinajstić information content (AvgIpc) is 3.30. The molecule has 1 fully saturated rings. The lowest BCUT2D eigenvalue weighted by Gasteiger charge is -2.24. The van der Waals surface area contributed by atoms with Crippen molar-refractivity contribution >= 4 is 35.5 Å². The number of nitrogens with one attached hydrogen (secondary N) is 2. The van der Waals surface area contributed by atoms with Gasteiger partial charge in [0, 0.05) is 12.4 Å². The zero-order chi connectivity index (χ0) is 28.3. The van der Waals surface area contributed by atoms with Gasteiger partial charge in [0.05, 0.1) is 16.7 Å². The molecule has 1 aliphatic heterocycles. The number of rotatable bonds is 10. The fourth-order valence-corrected chi connectivity index (χ4v) is 4.03. The van der Waals surface area contributed by atoms with Gasteiger partial charge in [-0.3, -0.25) is 0 Å². The summed E-state index contributed by atoms with van der Waals surface area (Å²) in [5.41, 5.74) is 0.785. The third-order valence-corrected chi connectivity index (χ3v) is 6.05. The number of alkyl halides is 1. The number of ether oxygens (including phenoxy) is 4. The zero-order valence-electron chi connectivity index (χ0n) is 21.2. The van der Waals surface area contributed by atoms with Gasteiger partial charge in [-0.1, -0.05) is 54.6 Å². The number of hydrogen-bond donors (Lipinski definition) is 2. The van der Waals surface area contributed by atoms with Crippen LogP contribution in [0.4, 0.5) is 4.79 Å². The summed E-state index contributed by atoms with van der Waals surface area (Å²) in [5, 5.41) is 5.11. The van der Waals surface area contributed by atoms with Gasteiger partial charge in [-0.15, -0.1) is 11.6 Å². The Morgan fingerprint density at radius 3 is 1.68 bits per heavy atom. The summed E-state index contributed by atoms with van der Waals surface area (Å²) in [4.78, 5) is 51.1. The van der Waals surface area contributed by atoms with Crippen LogP contribution in [0, 0.1) is 0 Å². The van der Waals surface area contributed by atoms with E-state index in [4.69, 9.17) is 30.5 Å². The Labute approximate surface area is 235 Å². The van der Waals surface area contributed by atoms with Crippen LogP contribution in [0.15, 0.2) is 91.0 Å². The largest absolute Gasteiger partial charge is 0.459 e. The Hall–Kier alpha value is -4.41. The van der Waals surface area contributed by atoms with Gasteiger partial charge in [-0.2, -0.15) is 0 Å². The molecule has 0 aromatic heterocycles. The third-order valence-electron chi connectivity index (χ3n) is 5.86. The molecule has 0 radical (unpaired) electrons. The van der Waals surface area contributed by atoms with Gasteiger partial charge < -0.3 is 29.6 Å². The molecule has 1 saturated heterocycles. The van der Waals surface area contributed by atoms with Crippen molar-refractivity contribution in [2.75, 3.05) is 19.0 Å². The molecule has 3 aromatic carbocycles. The van der Waals surface area contributed by atoms with Crippen LogP contribution in [0.1, 0.15) is 31.1 Å². The Morgan fingerprint density at radius 1 is 0.700 bits per heavy atom. The van der Waals surface area contributed by atoms with Gasteiger partial charge in [-0.25, -0.2) is 19.2 Å². The van der Waals surface area contributed by atoms with E-state index in [1.54, 1.807) is 91.0 Å². The van der Waals surface area contributed by atoms with E-state index < -0.39 is 48.5 Å². The lowest BCUT2D eigenvalue weighted by atomic mass is 10.1. The molecule has 0 saturated carbocycles. The monoisotopic (exact) mass is 566 g/mol. The van der Waals surface area contributed by atoms with Crippen molar-refractivity contribution in [2.45, 2.75) is 24.5 Å². The van der Waals surface area contributed by atoms with Crippen LogP contribution in [0.3, 0.4) is 0 Å². The molecule has 1 aliphatic rings. The fraction of sp³-hybridized carbons (Fsp3) is 0.241. The molecule has 0 bridgehead atoms. The molecule has 3 aromatic rings. The summed E-state index contributed by atoms with van der Waals surface area (Å²) >= 11 is 5.66. The molecule has 4 atom stereocenters. The van der Waals surface area contributed by atoms with Crippen molar-refractivity contribution < 1.29 is 38.1 Å². The summed E-state index contributed by atoms with van der Waals surface area (Å²) in [6, 6.07) is 24.0. The maximum absolute atomic E-state index is 13.0. The second-order valence-corrected chi connectivity index (χ2v) is 9.00. The van der Waals surface area contributed by atoms with Crippen LogP contribution >= 0.6 is 11.6 Å². The van der Waals surface area contributed by atoms with Crippen LogP contribution in [0.2, 0.25) is 0 Å². The van der Waals surface area contributed by atoms with Gasteiger partial charge in [0.25, 0.3) is 0 Å². The van der Waals surface area contributed by atoms with Crippen molar-refractivity contribution in [1.82, 2.24) is 10.6 Å². The minimum absolute atomic E-state index is 0.166. The first-order chi connectivity index (χ1) is 19.5. The Balaban J connectivity index is 1.59. The maximum Gasteiger partial charge on any atom is 0.338 e. The van der Waals surface area contributed by atoms with E-state index in [0.717, 1.165) is 0 Å². The van der Waals surface area contributed by atoms with E-state index in [-0.39, 0.29) is 30.2 Å². The van der Waals surface area contributed by atoms with E-state index in [0.29, 0.717) is 5.56 Å². The van der Waals surface area contributed by atoms with Crippen LogP contribution in [0.25, 0.3) is 0 Å². The Bertz CT molecular complexity index is 1290. The molecule has 2 amide bonds. The number of halogens is 1. The van der Waals surface area contributed by atoms with Crippen LogP contribution < -0.4 is 10.6 Å². The Morgan fingerprint density at radius 2 is 1.18 bits per heavy atom. The van der Waals surface area contributed by atoms with Gasteiger partial charge >= 0.3 is 23.9 Å². The highest BCUT2D eigenvalue weighted by atomic mass is 35.5. The predicted molar refractivity (Wildman–Crippen MR) is 144 cm³/mol. The van der Waals surface area contributed by atoms with E-state index in [1.165, 1.54) is 0 Å². The lowest BCUT2D eigenvalue weighted by Crippen LogP contribution is -2.50. The van der Waals surface area contributed by atoms with E-state index >= 15 is 0 Å². The molecule has 0 spiro atoms. The molecule has 0 aliphatic carbocycles. The molecular weight excluding hydrogens is 540 g/mol. The van der Waals surface area contributed by atoms with E-state index in [2.05, 4.69) is 10.6 Å². The molecule has 10 nitrogen and oxygen atoms in total. The first-order valence-corrected chi connectivity index (χ1v) is 13.0. The summed E-state index contributed by atoms with van der Waals surface area (Å²) in [5.74, 6) is -1.92. The highest BCUT2D eigenvalue weighted by molar-refractivity contribution is 6.18. The van der Waals surface area contributed by atoms with Gasteiger partial charge in [0.15, 0.2) is 18.4 Å². The molecule has 4 rings (SSSR count). The molecule has 1 heterocycles. The first-order valence-electron chi connectivity index (χ1n) is 12.5. The first kappa shape index (κ1) is 28.6. The van der Waals surface area contributed by atoms with Crippen LogP contribution in [0.5, 0.6) is 0 Å². The number of carbonyl (C=O) groups is 4. The number of amides is 2. The second-order valence-electron chi connectivity index (χ2n) is 8.62. The third kappa shape index (κ3) is 7.58. The SMILES string of the molecule is O=C(NCCCl)N[C@@H]1O[C@H](COC(=O)c2ccccc2)[C@@H](OC(=O)c2ccccc2)[C@H]1OC(=O)c1ccccc1. The zero-order valence-corrected chi connectivity index (χ0v) is 22.0. The summed E-state index contributed by atoms with van der Waals surface area (Å²) in [6.07, 6.45) is -4.88. The number of urea groups is 1. The average molecular weight is 567 g/mol. The van der Waals surface area contributed by atoms with Gasteiger partial charge in [0.2, 0.25) is 0 Å². The second kappa shape index (κ2) is 14.1. The van der Waals surface area contributed by atoms with Gasteiger partial charge in [-0.05, 0) is 36.4 Å². The highest BCUT2D eigenvalue weighted by Crippen LogP contribution is 2.28. The number of benzene rings is 3. The van der Waals surface area contributed by atoms with E-state index in [1.807, 2.05) is 0 Å². The molecule has 11 heteroatoms. The summed E-state index contributed by atoms with van der Waals surface area (Å²) < 4.78 is 22.9. The smallest absolute Gasteiger partial charge is 0.338 e. The van der Waals surface area contributed by atoms with E-state index in [9.17, 15) is 19.2 Å². The quantitative estimate of drug-likeness (QED) is 0.216. The fourth-order valence-electron chi connectivity index (χ4n) is 3.94. The normalized spacial score (nSPS) is 19.7. The minimum atomic E-state index is -1.29. The van der Waals surface area contributed by atoms with Crippen molar-refractivity contribution in [2.24, 2.45) is 0 Å². The molecular formula is C29H27ClN2O8. The molecule has 2 N–H and O–H groups in total. The summed E-state index contributed by atoms with van der Waals surface area (Å²) in [7, 11) is 0. The standard InChI is InChI=1S/C29H27ClN2O8/c30-16-17-31-29(36)32-25-24(40-28(35)21-14-8-3-9-15-21)23(39-27(34)20-12-6-2-7-13-20)22(38-25)18-37-26(33)19-10-4-1-5-11-19/h1-15,22-25H,16-18H2,(H2,31,32,36)/t22-,23-,24-,25-/m1/s1. The lowest BCUT2D eigenvalue weighted by molar-refractivity contribution is -0.0461. The predicted octanol–water partition coefficient (Wildman–Crippen LogP) is 3.56. The van der Waals surface area contributed by atoms with Crippen molar-refractivity contribution in [3.05, 3.63) is 108 Å². The maximum atomic E-state index is 13.0. The van der Waals surface area contributed by atoms with Crippen LogP contribution in [-0.4, -0.2) is 67.5 Å². The Kier molecular flexibility index (Phi) is 10.1. The molecule has 40 heavy (non-hydrogen) atoms. The minimum Gasteiger partial charge on any atom is -0.459 e. The van der Waals surface area contributed by atoms with Gasteiger partial charge in [0.1, 0.15) is 12.7 Å². The molecule has 208 valence electrons. The topological polar surface area (TPSA) is 129 Å². The number of carbonyl (C=O) groups excluding carboxylic acids is 4. The highest BCUT2D eigenvalue weighted by Gasteiger charge is 2.51. The van der Waals surface area contributed by atoms with Crippen molar-refractivity contribution in [3.63, 3.8) is 0 Å². The van der Waals surface area contributed by atoms with Crippen molar-refractivity contribution in [3.8, 4) is 0 Å². The number of esters is 3. The van der Waals surface area contributed by atoms with Crippen molar-refractivity contribution in [1.29, 1.82) is 0 Å². The van der Waals surface area contributed by atoms with Crippen LogP contribution in [-0.2, 0) is 18.9 Å². The number of hydrogen-bond acceptors (Lipinski definition) is 8. The molecule has 0 unspecified atom stereocenters.